The van der Waals surface area contributed by atoms with Gasteiger partial charge in [-0.2, -0.15) is 0 Å². The molecule has 4 heteroatoms. The zero-order valence-corrected chi connectivity index (χ0v) is 14.4. The Hall–Kier alpha value is -0.610. The van der Waals surface area contributed by atoms with Crippen molar-refractivity contribution in [2.24, 2.45) is 11.3 Å². The van der Waals surface area contributed by atoms with Crippen molar-refractivity contribution in [2.45, 2.75) is 77.9 Å². The molecule has 2 rings (SSSR count). The molecule has 1 heterocycles. The summed E-state index contributed by atoms with van der Waals surface area (Å²) >= 11 is 0. The van der Waals surface area contributed by atoms with E-state index in [4.69, 9.17) is 9.47 Å². The molecule has 2 aliphatic rings. The summed E-state index contributed by atoms with van der Waals surface area (Å²) in [7, 11) is 0. The lowest BCUT2D eigenvalue weighted by molar-refractivity contribution is -0.143. The first kappa shape index (κ1) is 17.7. The van der Waals surface area contributed by atoms with Gasteiger partial charge in [0.15, 0.2) is 6.29 Å². The van der Waals surface area contributed by atoms with Crippen LogP contribution in [0.2, 0.25) is 0 Å². The smallest absolute Gasteiger partial charge is 0.222 e. The molecule has 1 saturated heterocycles. The summed E-state index contributed by atoms with van der Waals surface area (Å²) in [6.07, 6.45) is 10.6. The van der Waals surface area contributed by atoms with Gasteiger partial charge >= 0.3 is 0 Å². The average Bonchev–Trinajstić information content (AvgIpc) is 2.98. The number of carbonyl (C=O) groups excluding carboxylic acids is 1. The van der Waals surface area contributed by atoms with Crippen LogP contribution in [0.4, 0.5) is 0 Å². The first-order valence-corrected chi connectivity index (χ1v) is 9.19. The number of amides is 1. The fraction of sp³-hybridized carbons (Fsp3) is 0.944. The Kier molecular flexibility index (Phi) is 7.16. The molecule has 1 atom stereocenters. The summed E-state index contributed by atoms with van der Waals surface area (Å²) < 4.78 is 11.8. The lowest BCUT2D eigenvalue weighted by atomic mass is 9.75. The molecule has 1 N–H and O–H groups in total. The molecule has 128 valence electrons. The molecule has 0 aromatic rings. The summed E-state index contributed by atoms with van der Waals surface area (Å²) in [4.78, 5) is 11.9. The number of nitrogens with one attached hydrogen (secondary N) is 1. The highest BCUT2D eigenvalue weighted by Crippen LogP contribution is 2.44. The SMILES string of the molecule is CC[C@H](C)C(=O)NCCCC1(C2OCCO2)CCCCCC1. The topological polar surface area (TPSA) is 47.6 Å². The van der Waals surface area contributed by atoms with E-state index in [1.165, 1.54) is 38.5 Å². The molecule has 4 nitrogen and oxygen atoms in total. The molecule has 0 radical (unpaired) electrons. The molecule has 0 bridgehead atoms. The van der Waals surface area contributed by atoms with Gasteiger partial charge in [0.25, 0.3) is 0 Å². The van der Waals surface area contributed by atoms with Crippen molar-refractivity contribution >= 4 is 5.91 Å². The van der Waals surface area contributed by atoms with Gasteiger partial charge in [0.1, 0.15) is 0 Å². The number of hydrogen-bond donors (Lipinski definition) is 1. The Morgan fingerprint density at radius 3 is 2.41 bits per heavy atom. The Balaban J connectivity index is 1.83. The Bertz CT molecular complexity index is 331. The minimum Gasteiger partial charge on any atom is -0.356 e. The monoisotopic (exact) mass is 311 g/mol. The van der Waals surface area contributed by atoms with Crippen LogP contribution in [0.3, 0.4) is 0 Å². The fourth-order valence-electron chi connectivity index (χ4n) is 3.76. The third-order valence-corrected chi connectivity index (χ3v) is 5.43. The molecular formula is C18H33NO3. The van der Waals surface area contributed by atoms with Gasteiger partial charge in [-0.05, 0) is 32.1 Å². The van der Waals surface area contributed by atoms with E-state index in [2.05, 4.69) is 12.2 Å². The van der Waals surface area contributed by atoms with Crippen molar-refractivity contribution in [3.05, 3.63) is 0 Å². The Morgan fingerprint density at radius 2 is 1.82 bits per heavy atom. The largest absolute Gasteiger partial charge is 0.356 e. The van der Waals surface area contributed by atoms with Crippen LogP contribution in [0.5, 0.6) is 0 Å². The van der Waals surface area contributed by atoms with E-state index >= 15 is 0 Å². The molecule has 0 unspecified atom stereocenters. The summed E-state index contributed by atoms with van der Waals surface area (Å²) in [5, 5.41) is 3.08. The van der Waals surface area contributed by atoms with Crippen molar-refractivity contribution in [3.63, 3.8) is 0 Å². The van der Waals surface area contributed by atoms with E-state index in [1.807, 2.05) is 6.92 Å². The van der Waals surface area contributed by atoms with Crippen molar-refractivity contribution in [1.29, 1.82) is 0 Å². The number of carbonyl (C=O) groups is 1. The Morgan fingerprint density at radius 1 is 1.18 bits per heavy atom. The molecule has 1 aliphatic carbocycles. The zero-order chi connectivity index (χ0) is 15.8. The molecule has 1 amide bonds. The summed E-state index contributed by atoms with van der Waals surface area (Å²) in [6, 6.07) is 0. The molecule has 0 aromatic heterocycles. The minimum absolute atomic E-state index is 0.0177. The van der Waals surface area contributed by atoms with E-state index in [1.54, 1.807) is 0 Å². The lowest BCUT2D eigenvalue weighted by Crippen LogP contribution is -2.37. The van der Waals surface area contributed by atoms with Crippen LogP contribution >= 0.6 is 0 Å². The number of hydrogen-bond acceptors (Lipinski definition) is 3. The third kappa shape index (κ3) is 4.69. The van der Waals surface area contributed by atoms with Crippen LogP contribution in [-0.4, -0.2) is 32.0 Å². The quantitative estimate of drug-likeness (QED) is 0.577. The fourth-order valence-corrected chi connectivity index (χ4v) is 3.76. The van der Waals surface area contributed by atoms with E-state index in [9.17, 15) is 4.79 Å². The highest BCUT2D eigenvalue weighted by Gasteiger charge is 2.41. The molecule has 2 fully saturated rings. The minimum atomic E-state index is -0.0177. The highest BCUT2D eigenvalue weighted by molar-refractivity contribution is 5.78. The van der Waals surface area contributed by atoms with E-state index in [0.29, 0.717) is 0 Å². The van der Waals surface area contributed by atoms with Crippen LogP contribution in [0.25, 0.3) is 0 Å². The molecule has 22 heavy (non-hydrogen) atoms. The molecular weight excluding hydrogens is 278 g/mol. The molecule has 0 aromatic carbocycles. The second-order valence-electron chi connectivity index (χ2n) is 7.05. The van der Waals surface area contributed by atoms with E-state index in [-0.39, 0.29) is 23.5 Å². The predicted molar refractivity (Wildman–Crippen MR) is 87.5 cm³/mol. The van der Waals surface area contributed by atoms with E-state index in [0.717, 1.165) is 39.0 Å². The van der Waals surface area contributed by atoms with Crippen molar-refractivity contribution < 1.29 is 14.3 Å². The molecule has 1 saturated carbocycles. The summed E-state index contributed by atoms with van der Waals surface area (Å²) in [5.41, 5.74) is 0.175. The van der Waals surface area contributed by atoms with Crippen LogP contribution in [0.1, 0.15) is 71.6 Å². The first-order valence-electron chi connectivity index (χ1n) is 9.19. The second-order valence-corrected chi connectivity index (χ2v) is 7.05. The van der Waals surface area contributed by atoms with E-state index < -0.39 is 0 Å². The Labute approximate surface area is 135 Å². The van der Waals surface area contributed by atoms with Gasteiger partial charge in [0, 0.05) is 17.9 Å². The maximum absolute atomic E-state index is 11.9. The number of rotatable bonds is 7. The van der Waals surface area contributed by atoms with Gasteiger partial charge in [0.2, 0.25) is 5.91 Å². The predicted octanol–water partition coefficient (Wildman–Crippen LogP) is 3.64. The van der Waals surface area contributed by atoms with Crippen LogP contribution < -0.4 is 5.32 Å². The highest BCUT2D eigenvalue weighted by atomic mass is 16.7. The molecule has 1 aliphatic heterocycles. The van der Waals surface area contributed by atoms with Crippen molar-refractivity contribution in [3.8, 4) is 0 Å². The van der Waals surface area contributed by atoms with Crippen LogP contribution in [0, 0.1) is 11.3 Å². The maximum atomic E-state index is 11.9. The van der Waals surface area contributed by atoms with Gasteiger partial charge in [0.05, 0.1) is 13.2 Å². The van der Waals surface area contributed by atoms with Crippen molar-refractivity contribution in [2.75, 3.05) is 19.8 Å². The van der Waals surface area contributed by atoms with Gasteiger partial charge in [-0.15, -0.1) is 0 Å². The van der Waals surface area contributed by atoms with Crippen LogP contribution in [0.15, 0.2) is 0 Å². The van der Waals surface area contributed by atoms with Gasteiger partial charge in [-0.25, -0.2) is 0 Å². The van der Waals surface area contributed by atoms with Gasteiger partial charge in [-0.3, -0.25) is 4.79 Å². The zero-order valence-electron chi connectivity index (χ0n) is 14.4. The summed E-state index contributed by atoms with van der Waals surface area (Å²) in [6.45, 7) is 6.29. The number of ether oxygens (including phenoxy) is 2. The van der Waals surface area contributed by atoms with Crippen molar-refractivity contribution in [1.82, 2.24) is 5.32 Å². The average molecular weight is 311 g/mol. The second kappa shape index (κ2) is 8.88. The van der Waals surface area contributed by atoms with Gasteiger partial charge < -0.3 is 14.8 Å². The van der Waals surface area contributed by atoms with Crippen LogP contribution in [-0.2, 0) is 14.3 Å². The van der Waals surface area contributed by atoms with Gasteiger partial charge in [-0.1, -0.05) is 39.5 Å². The summed E-state index contributed by atoms with van der Waals surface area (Å²) in [5.74, 6) is 0.305. The third-order valence-electron chi connectivity index (χ3n) is 5.43. The maximum Gasteiger partial charge on any atom is 0.222 e. The lowest BCUT2D eigenvalue weighted by Gasteiger charge is -2.37. The first-order chi connectivity index (χ1) is 10.7. The normalized spacial score (nSPS) is 23.9. The molecule has 0 spiro atoms. The standard InChI is InChI=1S/C18H33NO3/c1-3-15(2)16(20)19-12-8-11-18(17-21-13-14-22-17)9-6-4-5-7-10-18/h15,17H,3-14H2,1-2H3,(H,19,20)/t15-/m0/s1.